The molecular formula is C44H35BN2. The highest BCUT2D eigenvalue weighted by molar-refractivity contribution is 6.93. The highest BCUT2D eigenvalue weighted by Crippen LogP contribution is 2.49. The fourth-order valence-corrected chi connectivity index (χ4v) is 7.82. The van der Waals surface area contributed by atoms with Crippen LogP contribution in [0, 0.1) is 0 Å². The lowest BCUT2D eigenvalue weighted by Gasteiger charge is -2.46. The molecule has 0 amide bonds. The number of rotatable bonds is 3. The van der Waals surface area contributed by atoms with Crippen molar-refractivity contribution in [1.29, 1.82) is 0 Å². The van der Waals surface area contributed by atoms with Gasteiger partial charge in [-0.25, -0.2) is 0 Å². The summed E-state index contributed by atoms with van der Waals surface area (Å²) in [6.45, 7) is 6.86. The predicted octanol–water partition coefficient (Wildman–Crippen LogP) is 10.5. The maximum absolute atomic E-state index is 2.57. The molecule has 0 N–H and O–H groups in total. The van der Waals surface area contributed by atoms with Crippen LogP contribution in [0.2, 0.25) is 0 Å². The summed E-state index contributed by atoms with van der Waals surface area (Å²) in [4.78, 5) is 5.09. The molecule has 0 unspecified atom stereocenters. The van der Waals surface area contributed by atoms with E-state index in [1.54, 1.807) is 0 Å². The minimum atomic E-state index is 0.0182. The smallest absolute Gasteiger partial charge is 0.333 e. The number of benzene rings is 7. The van der Waals surface area contributed by atoms with Gasteiger partial charge in [-0.05, 0) is 80.2 Å². The zero-order chi connectivity index (χ0) is 31.7. The van der Waals surface area contributed by atoms with Gasteiger partial charge >= 0.3 is 6.85 Å². The quantitative estimate of drug-likeness (QED) is 0.186. The van der Waals surface area contributed by atoms with Gasteiger partial charge in [0.2, 0.25) is 0 Å². The molecule has 7 aromatic carbocycles. The van der Waals surface area contributed by atoms with Crippen LogP contribution < -0.4 is 20.6 Å². The van der Waals surface area contributed by atoms with Crippen molar-refractivity contribution in [3.05, 3.63) is 163 Å². The van der Waals surface area contributed by atoms with Gasteiger partial charge in [-0.2, -0.15) is 0 Å². The van der Waals surface area contributed by atoms with Crippen molar-refractivity contribution in [3.63, 3.8) is 0 Å². The van der Waals surface area contributed by atoms with Crippen LogP contribution in [-0.4, -0.2) is 6.85 Å². The van der Waals surface area contributed by atoms with E-state index in [0.29, 0.717) is 0 Å². The maximum atomic E-state index is 2.57. The first-order chi connectivity index (χ1) is 23.0. The first-order valence-corrected chi connectivity index (χ1v) is 16.6. The molecule has 7 aromatic rings. The molecule has 9 rings (SSSR count). The maximum Gasteiger partial charge on any atom is 0.333 e. The lowest BCUT2D eigenvalue weighted by atomic mass is 9.43. The largest absolute Gasteiger partial charge is 0.376 e. The molecule has 224 valence electrons. The highest BCUT2D eigenvalue weighted by atomic mass is 15.2. The van der Waals surface area contributed by atoms with E-state index >= 15 is 0 Å². The van der Waals surface area contributed by atoms with Crippen LogP contribution in [-0.2, 0) is 5.41 Å². The molecule has 0 bridgehead atoms. The molecule has 0 fully saturated rings. The lowest BCUT2D eigenvalue weighted by molar-refractivity contribution is 0.590. The Morgan fingerprint density at radius 3 is 1.96 bits per heavy atom. The Balaban J connectivity index is 1.34. The van der Waals surface area contributed by atoms with Crippen LogP contribution in [0.15, 0.2) is 158 Å². The molecule has 0 saturated carbocycles. The third kappa shape index (κ3) is 4.27. The van der Waals surface area contributed by atoms with Crippen LogP contribution in [0.4, 0.5) is 28.4 Å². The van der Waals surface area contributed by atoms with Crippen LogP contribution in [0.25, 0.3) is 33.0 Å². The van der Waals surface area contributed by atoms with Gasteiger partial charge in [0, 0.05) is 33.9 Å². The average molecular weight is 603 g/mol. The van der Waals surface area contributed by atoms with Gasteiger partial charge in [0.15, 0.2) is 0 Å². The van der Waals surface area contributed by atoms with Gasteiger partial charge in [0.1, 0.15) is 0 Å². The summed E-state index contributed by atoms with van der Waals surface area (Å²) < 4.78 is 0. The SMILES string of the molecule is CC(C)(C)c1ccc(N2B3c4ccccc4N(c4ccc5ccccc5c4-c4ccccc4)c4cccc(c43)-c3ccccc32)cc1. The van der Waals surface area contributed by atoms with E-state index in [0.717, 1.165) is 0 Å². The predicted molar refractivity (Wildman–Crippen MR) is 202 cm³/mol. The Hall–Kier alpha value is -5.54. The van der Waals surface area contributed by atoms with Gasteiger partial charge in [-0.1, -0.05) is 142 Å². The fraction of sp³-hybridized carbons (Fsp3) is 0.0909. The zero-order valence-corrected chi connectivity index (χ0v) is 27.0. The van der Waals surface area contributed by atoms with Crippen molar-refractivity contribution < 1.29 is 0 Å². The molecule has 2 heterocycles. The second-order valence-electron chi connectivity index (χ2n) is 13.8. The lowest BCUT2D eigenvalue weighted by Crippen LogP contribution is -2.61. The minimum Gasteiger partial charge on any atom is -0.376 e. The topological polar surface area (TPSA) is 6.48 Å². The Bertz CT molecular complexity index is 2300. The molecule has 0 radical (unpaired) electrons. The van der Waals surface area contributed by atoms with Gasteiger partial charge in [0.25, 0.3) is 0 Å². The Morgan fingerprint density at radius 2 is 1.15 bits per heavy atom. The Labute approximate surface area is 277 Å². The van der Waals surface area contributed by atoms with Crippen LogP contribution in [0.1, 0.15) is 26.3 Å². The van der Waals surface area contributed by atoms with Gasteiger partial charge in [0.05, 0.1) is 5.69 Å². The zero-order valence-electron chi connectivity index (χ0n) is 27.0. The van der Waals surface area contributed by atoms with Crippen LogP contribution >= 0.6 is 0 Å². The average Bonchev–Trinajstić information content (AvgIpc) is 3.11. The number of hydrogen-bond donors (Lipinski definition) is 0. The number of nitrogens with zero attached hydrogens (tertiary/aromatic N) is 2. The number of para-hydroxylation sites is 2. The third-order valence-corrected chi connectivity index (χ3v) is 10.0. The number of anilines is 5. The van der Waals surface area contributed by atoms with Crippen LogP contribution in [0.3, 0.4) is 0 Å². The third-order valence-electron chi connectivity index (χ3n) is 10.0. The van der Waals surface area contributed by atoms with E-state index in [9.17, 15) is 0 Å². The molecule has 0 aromatic heterocycles. The molecule has 0 spiro atoms. The fourth-order valence-electron chi connectivity index (χ4n) is 7.82. The summed E-state index contributed by atoms with van der Waals surface area (Å²) in [6.07, 6.45) is 0. The van der Waals surface area contributed by atoms with Crippen molar-refractivity contribution in [2.75, 3.05) is 9.71 Å². The molecular weight excluding hydrogens is 567 g/mol. The summed E-state index contributed by atoms with van der Waals surface area (Å²) in [7, 11) is 0. The summed E-state index contributed by atoms with van der Waals surface area (Å²) in [5.41, 5.74) is 15.2. The number of hydrogen-bond acceptors (Lipinski definition) is 2. The second-order valence-corrected chi connectivity index (χ2v) is 13.8. The highest BCUT2D eigenvalue weighted by Gasteiger charge is 2.44. The Morgan fingerprint density at radius 1 is 0.489 bits per heavy atom. The van der Waals surface area contributed by atoms with E-state index in [4.69, 9.17) is 0 Å². The molecule has 2 nitrogen and oxygen atoms in total. The van der Waals surface area contributed by atoms with Gasteiger partial charge < -0.3 is 9.71 Å². The van der Waals surface area contributed by atoms with E-state index in [1.165, 1.54) is 78.0 Å². The van der Waals surface area contributed by atoms with E-state index in [-0.39, 0.29) is 12.3 Å². The molecule has 0 saturated heterocycles. The molecule has 0 aliphatic carbocycles. The molecule has 2 aliphatic rings. The van der Waals surface area contributed by atoms with Crippen molar-refractivity contribution >= 4 is 57.0 Å². The van der Waals surface area contributed by atoms with Crippen molar-refractivity contribution in [2.45, 2.75) is 26.2 Å². The van der Waals surface area contributed by atoms with Crippen molar-refractivity contribution in [3.8, 4) is 22.3 Å². The van der Waals surface area contributed by atoms with E-state index in [2.05, 4.69) is 188 Å². The van der Waals surface area contributed by atoms with E-state index < -0.39 is 0 Å². The van der Waals surface area contributed by atoms with Crippen molar-refractivity contribution in [2.24, 2.45) is 0 Å². The molecule has 0 atom stereocenters. The molecule has 2 aliphatic heterocycles. The second kappa shape index (κ2) is 10.5. The first kappa shape index (κ1) is 27.7. The summed E-state index contributed by atoms with van der Waals surface area (Å²) in [6, 6.07) is 58.3. The first-order valence-electron chi connectivity index (χ1n) is 16.6. The number of fused-ring (bicyclic) bond motifs is 5. The van der Waals surface area contributed by atoms with Crippen LogP contribution in [0.5, 0.6) is 0 Å². The molecule has 3 heteroatoms. The standard InChI is InChI=1S/C44H35BN2/c1-44(2,3)32-25-27-33(28-26-32)47-38-21-11-9-18-35(38)36-19-13-23-41-43(36)45(47)37-20-10-12-22-39(37)46(41)40-29-24-30-14-7-8-17-34(30)42(40)31-15-5-4-6-16-31/h4-29H,1-3H3. The van der Waals surface area contributed by atoms with Gasteiger partial charge in [-0.3, -0.25) is 0 Å². The van der Waals surface area contributed by atoms with E-state index in [1.807, 2.05) is 0 Å². The summed E-state index contributed by atoms with van der Waals surface area (Å²) >= 11 is 0. The normalized spacial score (nSPS) is 13.3. The van der Waals surface area contributed by atoms with Crippen molar-refractivity contribution in [1.82, 2.24) is 0 Å². The summed E-state index contributed by atoms with van der Waals surface area (Å²) in [5, 5.41) is 2.50. The summed E-state index contributed by atoms with van der Waals surface area (Å²) in [5.74, 6) is 0. The monoisotopic (exact) mass is 602 g/mol. The Kier molecular flexibility index (Phi) is 6.20. The van der Waals surface area contributed by atoms with Gasteiger partial charge in [-0.15, -0.1) is 0 Å². The minimum absolute atomic E-state index is 0.0182. The molecule has 47 heavy (non-hydrogen) atoms.